The molecule has 0 spiro atoms. The highest BCUT2D eigenvalue weighted by atomic mass is 16.5. The van der Waals surface area contributed by atoms with Crippen LogP contribution in [0.15, 0.2) is 42.6 Å². The maximum atomic E-state index is 12.7. The number of aryl methyl sites for hydroxylation is 1. The summed E-state index contributed by atoms with van der Waals surface area (Å²) < 4.78 is 7.39. The van der Waals surface area contributed by atoms with Crippen LogP contribution in [0.1, 0.15) is 23.7 Å². The minimum absolute atomic E-state index is 0.0657. The van der Waals surface area contributed by atoms with E-state index in [-0.39, 0.29) is 11.9 Å². The molecule has 0 radical (unpaired) electrons. The fourth-order valence-corrected chi connectivity index (χ4v) is 3.69. The van der Waals surface area contributed by atoms with Gasteiger partial charge in [-0.15, -0.1) is 0 Å². The highest BCUT2D eigenvalue weighted by Gasteiger charge is 2.31. The van der Waals surface area contributed by atoms with E-state index in [9.17, 15) is 4.79 Å². The third kappa shape index (κ3) is 3.71. The second kappa shape index (κ2) is 7.98. The summed E-state index contributed by atoms with van der Waals surface area (Å²) in [5.41, 5.74) is 3.74. The number of aromatic nitrogens is 3. The normalized spacial score (nSPS) is 16.6. The number of nitrogens with zero attached hydrogens (tertiary/aromatic N) is 4. The summed E-state index contributed by atoms with van der Waals surface area (Å²) in [7, 11) is 1.69. The molecule has 1 unspecified atom stereocenters. The molecule has 146 valence electrons. The van der Waals surface area contributed by atoms with Gasteiger partial charge in [-0.3, -0.25) is 0 Å². The van der Waals surface area contributed by atoms with Gasteiger partial charge >= 0.3 is 6.03 Å². The van der Waals surface area contributed by atoms with Crippen molar-refractivity contribution in [3.05, 3.63) is 54.0 Å². The van der Waals surface area contributed by atoms with E-state index in [2.05, 4.69) is 14.9 Å². The molecule has 1 aliphatic rings. The molecule has 3 aromatic rings. The summed E-state index contributed by atoms with van der Waals surface area (Å²) in [6.45, 7) is 4.68. The SMILES string of the molecule is COCCn1c(C2CCN(C(=O)Nc3ccc(C)cc3)C2)nc2cccnc21. The predicted molar refractivity (Wildman–Crippen MR) is 109 cm³/mol. The lowest BCUT2D eigenvalue weighted by atomic mass is 10.1. The lowest BCUT2D eigenvalue weighted by Gasteiger charge is -2.18. The van der Waals surface area contributed by atoms with Gasteiger partial charge < -0.3 is 19.5 Å². The largest absolute Gasteiger partial charge is 0.383 e. The van der Waals surface area contributed by atoms with Crippen LogP contribution in [0.3, 0.4) is 0 Å². The second-order valence-electron chi connectivity index (χ2n) is 7.19. The Balaban J connectivity index is 1.50. The lowest BCUT2D eigenvalue weighted by Crippen LogP contribution is -2.33. The van der Waals surface area contributed by atoms with Gasteiger partial charge in [0.2, 0.25) is 0 Å². The van der Waals surface area contributed by atoms with Crippen LogP contribution < -0.4 is 5.32 Å². The van der Waals surface area contributed by atoms with Gasteiger partial charge in [-0.25, -0.2) is 14.8 Å². The molecule has 1 atom stereocenters. The van der Waals surface area contributed by atoms with Crippen molar-refractivity contribution in [2.75, 3.05) is 32.1 Å². The molecule has 2 amide bonds. The van der Waals surface area contributed by atoms with E-state index < -0.39 is 0 Å². The Morgan fingerprint density at radius 2 is 2.11 bits per heavy atom. The van der Waals surface area contributed by atoms with Crippen LogP contribution in [0, 0.1) is 6.92 Å². The Bertz CT molecular complexity index is 967. The van der Waals surface area contributed by atoms with Crippen LogP contribution in [-0.4, -0.2) is 52.3 Å². The molecule has 2 aromatic heterocycles. The molecule has 4 rings (SSSR count). The number of carbonyl (C=O) groups is 1. The van der Waals surface area contributed by atoms with Gasteiger partial charge in [0.15, 0.2) is 5.65 Å². The number of pyridine rings is 1. The van der Waals surface area contributed by atoms with Crippen molar-refractivity contribution in [2.45, 2.75) is 25.8 Å². The zero-order chi connectivity index (χ0) is 19.5. The molecule has 1 aliphatic heterocycles. The first kappa shape index (κ1) is 18.4. The molecule has 0 bridgehead atoms. The Kier molecular flexibility index (Phi) is 5.25. The van der Waals surface area contributed by atoms with Gasteiger partial charge in [-0.05, 0) is 37.6 Å². The summed E-state index contributed by atoms with van der Waals surface area (Å²) in [4.78, 5) is 23.8. The Morgan fingerprint density at radius 1 is 1.29 bits per heavy atom. The van der Waals surface area contributed by atoms with E-state index in [1.54, 1.807) is 13.3 Å². The number of rotatable bonds is 5. The van der Waals surface area contributed by atoms with E-state index in [1.165, 1.54) is 5.56 Å². The quantitative estimate of drug-likeness (QED) is 0.737. The van der Waals surface area contributed by atoms with Crippen LogP contribution in [-0.2, 0) is 11.3 Å². The van der Waals surface area contributed by atoms with Gasteiger partial charge in [-0.1, -0.05) is 17.7 Å². The van der Waals surface area contributed by atoms with Gasteiger partial charge in [0.25, 0.3) is 0 Å². The summed E-state index contributed by atoms with van der Waals surface area (Å²) in [5, 5.41) is 2.99. The topological polar surface area (TPSA) is 72.3 Å². The third-order valence-electron chi connectivity index (χ3n) is 5.20. The standard InChI is InChI=1S/C21H25N5O2/c1-15-5-7-17(8-6-15)23-21(27)25-11-9-16(14-25)19-24-18-4-3-10-22-20(18)26(19)12-13-28-2/h3-8,10,16H,9,11-14H2,1-2H3,(H,23,27). The van der Waals surface area contributed by atoms with Crippen molar-refractivity contribution in [2.24, 2.45) is 0 Å². The summed E-state index contributed by atoms with van der Waals surface area (Å²) in [6.07, 6.45) is 2.67. The van der Waals surface area contributed by atoms with Crippen molar-refractivity contribution >= 4 is 22.9 Å². The maximum absolute atomic E-state index is 12.7. The number of anilines is 1. The van der Waals surface area contributed by atoms with Crippen LogP contribution >= 0.6 is 0 Å². The average molecular weight is 379 g/mol. The van der Waals surface area contributed by atoms with Crippen molar-refractivity contribution in [3.8, 4) is 0 Å². The maximum Gasteiger partial charge on any atom is 0.321 e. The first-order valence-corrected chi connectivity index (χ1v) is 9.58. The number of hydrogen-bond donors (Lipinski definition) is 1. The van der Waals surface area contributed by atoms with E-state index in [4.69, 9.17) is 9.72 Å². The molecule has 0 saturated carbocycles. The Labute approximate surface area is 164 Å². The second-order valence-corrected chi connectivity index (χ2v) is 7.19. The Morgan fingerprint density at radius 3 is 2.89 bits per heavy atom. The summed E-state index contributed by atoms with van der Waals surface area (Å²) in [5.74, 6) is 1.17. The number of likely N-dealkylation sites (tertiary alicyclic amines) is 1. The summed E-state index contributed by atoms with van der Waals surface area (Å²) >= 11 is 0. The molecule has 1 saturated heterocycles. The highest BCUT2D eigenvalue weighted by molar-refractivity contribution is 5.89. The fraction of sp³-hybridized carbons (Fsp3) is 0.381. The van der Waals surface area contributed by atoms with Crippen molar-refractivity contribution < 1.29 is 9.53 Å². The van der Waals surface area contributed by atoms with Gasteiger partial charge in [0.05, 0.1) is 6.61 Å². The third-order valence-corrected chi connectivity index (χ3v) is 5.20. The number of ether oxygens (including phenoxy) is 1. The number of methoxy groups -OCH3 is 1. The Hall–Kier alpha value is -2.93. The molecular weight excluding hydrogens is 354 g/mol. The zero-order valence-electron chi connectivity index (χ0n) is 16.3. The first-order chi connectivity index (χ1) is 13.7. The molecule has 1 fully saturated rings. The van der Waals surface area contributed by atoms with Crippen molar-refractivity contribution in [3.63, 3.8) is 0 Å². The zero-order valence-corrected chi connectivity index (χ0v) is 16.3. The van der Waals surface area contributed by atoms with Crippen LogP contribution in [0.4, 0.5) is 10.5 Å². The minimum atomic E-state index is -0.0657. The molecular formula is C21H25N5O2. The lowest BCUT2D eigenvalue weighted by molar-refractivity contribution is 0.186. The number of benzene rings is 1. The predicted octanol–water partition coefficient (Wildman–Crippen LogP) is 3.41. The molecule has 1 N–H and O–H groups in total. The van der Waals surface area contributed by atoms with Crippen molar-refractivity contribution in [1.82, 2.24) is 19.4 Å². The molecule has 7 heteroatoms. The molecule has 3 heterocycles. The minimum Gasteiger partial charge on any atom is -0.383 e. The van der Waals surface area contributed by atoms with E-state index in [1.807, 2.05) is 48.2 Å². The molecule has 0 aliphatic carbocycles. The number of nitrogens with one attached hydrogen (secondary N) is 1. The van der Waals surface area contributed by atoms with Crippen molar-refractivity contribution in [1.29, 1.82) is 0 Å². The van der Waals surface area contributed by atoms with Crippen LogP contribution in [0.2, 0.25) is 0 Å². The van der Waals surface area contributed by atoms with Gasteiger partial charge in [-0.2, -0.15) is 0 Å². The van der Waals surface area contributed by atoms with Gasteiger partial charge in [0, 0.05) is 44.5 Å². The van der Waals surface area contributed by atoms with Crippen LogP contribution in [0.5, 0.6) is 0 Å². The monoisotopic (exact) mass is 379 g/mol. The number of fused-ring (bicyclic) bond motifs is 1. The molecule has 1 aromatic carbocycles. The number of hydrogen-bond acceptors (Lipinski definition) is 4. The average Bonchev–Trinajstić information content (AvgIpc) is 3.33. The highest BCUT2D eigenvalue weighted by Crippen LogP contribution is 2.29. The number of carbonyl (C=O) groups excluding carboxylic acids is 1. The van der Waals surface area contributed by atoms with Gasteiger partial charge in [0.1, 0.15) is 11.3 Å². The number of amides is 2. The van der Waals surface area contributed by atoms with E-state index in [0.717, 1.165) is 29.1 Å². The summed E-state index contributed by atoms with van der Waals surface area (Å²) in [6, 6.07) is 11.7. The smallest absolute Gasteiger partial charge is 0.321 e. The van der Waals surface area contributed by atoms with Crippen LogP contribution in [0.25, 0.3) is 11.2 Å². The fourth-order valence-electron chi connectivity index (χ4n) is 3.69. The number of urea groups is 1. The van der Waals surface area contributed by atoms with E-state index in [0.29, 0.717) is 26.2 Å². The van der Waals surface area contributed by atoms with E-state index >= 15 is 0 Å². The first-order valence-electron chi connectivity index (χ1n) is 9.58. The number of imidazole rings is 1. The molecule has 28 heavy (non-hydrogen) atoms. The molecule has 7 nitrogen and oxygen atoms in total.